The van der Waals surface area contributed by atoms with E-state index in [9.17, 15) is 4.79 Å². The number of nitrogens with one attached hydrogen (secondary N) is 2. The molecule has 2 aliphatic rings. The van der Waals surface area contributed by atoms with Gasteiger partial charge >= 0.3 is 0 Å². The second kappa shape index (κ2) is 6.95. The lowest BCUT2D eigenvalue weighted by Gasteiger charge is -2.24. The summed E-state index contributed by atoms with van der Waals surface area (Å²) in [5.41, 5.74) is 5.49. The molecular weight excluding hydrogens is 310 g/mol. The Morgan fingerprint density at radius 2 is 2.00 bits per heavy atom. The normalized spacial score (nSPS) is 20.9. The number of likely N-dealkylation sites (tertiary alicyclic amines) is 1. The minimum Gasteiger partial charge on any atom is -0.366 e. The molecule has 0 spiro atoms. The molecule has 0 bridgehead atoms. The molecule has 1 aromatic rings. The lowest BCUT2D eigenvalue weighted by Crippen LogP contribution is -2.44. The Kier molecular flexibility index (Phi) is 4.89. The summed E-state index contributed by atoms with van der Waals surface area (Å²) in [5, 5.41) is 6.73. The molecule has 3 rings (SSSR count). The summed E-state index contributed by atoms with van der Waals surface area (Å²) >= 11 is 0. The fraction of sp³-hybridized carbons (Fsp3) is 0.476. The summed E-state index contributed by atoms with van der Waals surface area (Å²) in [5.74, 6) is 0.905. The monoisotopic (exact) mass is 339 g/mol. The summed E-state index contributed by atoms with van der Waals surface area (Å²) in [6.07, 6.45) is 1.81. The van der Waals surface area contributed by atoms with Crippen LogP contribution < -0.4 is 10.6 Å². The molecule has 2 N–H and O–H groups in total. The maximum Gasteiger partial charge on any atom is 0.245 e. The van der Waals surface area contributed by atoms with Crippen LogP contribution in [0.4, 0.5) is 0 Å². The van der Waals surface area contributed by atoms with Crippen LogP contribution in [-0.4, -0.2) is 35.5 Å². The summed E-state index contributed by atoms with van der Waals surface area (Å²) in [4.78, 5) is 14.3. The van der Waals surface area contributed by atoms with Crippen molar-refractivity contribution in [2.24, 2.45) is 0 Å². The first-order valence-electron chi connectivity index (χ1n) is 9.19. The third-order valence-electron chi connectivity index (χ3n) is 5.41. The predicted molar refractivity (Wildman–Crippen MR) is 103 cm³/mol. The van der Waals surface area contributed by atoms with Crippen LogP contribution in [0.25, 0.3) is 5.57 Å². The molecule has 134 valence electrons. The third-order valence-corrected chi connectivity index (χ3v) is 5.41. The number of hydrogen-bond acceptors (Lipinski definition) is 3. The summed E-state index contributed by atoms with van der Waals surface area (Å²) < 4.78 is 0. The molecule has 1 saturated heterocycles. The van der Waals surface area contributed by atoms with E-state index in [1.54, 1.807) is 0 Å². The van der Waals surface area contributed by atoms with Gasteiger partial charge in [-0.15, -0.1) is 0 Å². The minimum atomic E-state index is -0.162. The second-order valence-electron chi connectivity index (χ2n) is 7.44. The average molecular weight is 339 g/mol. The molecule has 1 aliphatic carbocycles. The lowest BCUT2D eigenvalue weighted by atomic mass is 10.0. The quantitative estimate of drug-likeness (QED) is 0.837. The second-order valence-corrected chi connectivity index (χ2v) is 7.44. The van der Waals surface area contributed by atoms with Crippen molar-refractivity contribution in [3.05, 3.63) is 53.4 Å². The van der Waals surface area contributed by atoms with Crippen LogP contribution >= 0.6 is 0 Å². The van der Waals surface area contributed by atoms with Gasteiger partial charge in [-0.1, -0.05) is 30.8 Å². The van der Waals surface area contributed by atoms with Crippen molar-refractivity contribution < 1.29 is 4.79 Å². The minimum absolute atomic E-state index is 0.162. The number of nitrogens with zero attached hydrogens (tertiary/aromatic N) is 1. The van der Waals surface area contributed by atoms with E-state index in [0.29, 0.717) is 0 Å². The van der Waals surface area contributed by atoms with E-state index in [1.165, 1.54) is 22.3 Å². The Labute approximate surface area is 151 Å². The third kappa shape index (κ3) is 3.44. The number of carbonyl (C=O) groups is 1. The molecule has 1 fully saturated rings. The zero-order valence-corrected chi connectivity index (χ0v) is 15.7. The van der Waals surface area contributed by atoms with Gasteiger partial charge in [0, 0.05) is 18.6 Å². The molecule has 1 heterocycles. The number of hydrogen-bond donors (Lipinski definition) is 2. The average Bonchev–Trinajstić information content (AvgIpc) is 3.09. The van der Waals surface area contributed by atoms with Gasteiger partial charge in [0.2, 0.25) is 5.91 Å². The summed E-state index contributed by atoms with van der Waals surface area (Å²) in [6, 6.07) is 8.86. The Hall–Kier alpha value is -2.23. The van der Waals surface area contributed by atoms with E-state index < -0.39 is 0 Å². The highest BCUT2D eigenvalue weighted by Gasteiger charge is 2.33. The van der Waals surface area contributed by atoms with Crippen molar-refractivity contribution >= 4 is 11.5 Å². The van der Waals surface area contributed by atoms with Gasteiger partial charge in [0.05, 0.1) is 5.82 Å². The van der Waals surface area contributed by atoms with Gasteiger partial charge in [0.25, 0.3) is 0 Å². The number of benzene rings is 1. The van der Waals surface area contributed by atoms with Crippen LogP contribution in [0, 0.1) is 0 Å². The number of carbonyl (C=O) groups excluding carboxylic acids is 1. The molecular formula is C21H29N3O. The van der Waals surface area contributed by atoms with Gasteiger partial charge in [-0.3, -0.25) is 4.79 Å². The van der Waals surface area contributed by atoms with Gasteiger partial charge in [-0.05, 0) is 62.8 Å². The maximum atomic E-state index is 12.4. The maximum absolute atomic E-state index is 12.4. The lowest BCUT2D eigenvalue weighted by molar-refractivity contribution is -0.130. The first kappa shape index (κ1) is 17.6. The highest BCUT2D eigenvalue weighted by molar-refractivity contribution is 5.84. The van der Waals surface area contributed by atoms with Crippen LogP contribution in [0.1, 0.15) is 45.2 Å². The van der Waals surface area contributed by atoms with E-state index in [-0.39, 0.29) is 24.0 Å². The largest absolute Gasteiger partial charge is 0.366 e. The number of fused-ring (bicyclic) bond motifs is 1. The van der Waals surface area contributed by atoms with Crippen molar-refractivity contribution in [2.45, 2.75) is 58.7 Å². The molecule has 0 saturated carbocycles. The molecule has 2 atom stereocenters. The zero-order valence-electron chi connectivity index (χ0n) is 15.7. The van der Waals surface area contributed by atoms with Crippen LogP contribution in [0.15, 0.2) is 42.2 Å². The van der Waals surface area contributed by atoms with E-state index in [2.05, 4.69) is 69.2 Å². The fourth-order valence-corrected chi connectivity index (χ4v) is 3.98. The standard InChI is InChI=1S/C21H29N3O/c1-13(2)24-11-10-20(21(24)25)23-16(5)22-15(4)19-12-17-8-6-7-9-18(17)14(19)3/h6-9,13,15,20,22-23H,5,10-12H2,1-4H3/t15-,20?/m0/s1. The van der Waals surface area contributed by atoms with Gasteiger partial charge in [0.15, 0.2) is 0 Å². The van der Waals surface area contributed by atoms with Crippen molar-refractivity contribution in [3.63, 3.8) is 0 Å². The number of rotatable bonds is 6. The van der Waals surface area contributed by atoms with E-state index in [0.717, 1.165) is 25.2 Å². The Bertz CT molecular complexity index is 720. The highest BCUT2D eigenvalue weighted by Crippen LogP contribution is 2.33. The topological polar surface area (TPSA) is 44.4 Å². The molecule has 1 aliphatic heterocycles. The molecule has 1 unspecified atom stereocenters. The van der Waals surface area contributed by atoms with Crippen molar-refractivity contribution in [3.8, 4) is 0 Å². The van der Waals surface area contributed by atoms with Crippen molar-refractivity contribution in [2.75, 3.05) is 6.54 Å². The molecule has 1 amide bonds. The number of allylic oxidation sites excluding steroid dienone is 1. The van der Waals surface area contributed by atoms with Gasteiger partial charge in [0.1, 0.15) is 6.04 Å². The molecule has 0 aromatic heterocycles. The molecule has 4 nitrogen and oxygen atoms in total. The van der Waals surface area contributed by atoms with Crippen LogP contribution in [-0.2, 0) is 11.2 Å². The van der Waals surface area contributed by atoms with Crippen molar-refractivity contribution in [1.82, 2.24) is 15.5 Å². The Balaban J connectivity index is 1.59. The SMILES string of the molecule is C=C(NC1CCN(C(C)C)C1=O)N[C@@H](C)C1=C(C)c2ccccc2C1. The first-order chi connectivity index (χ1) is 11.9. The van der Waals surface area contributed by atoms with Gasteiger partial charge in [-0.2, -0.15) is 0 Å². The van der Waals surface area contributed by atoms with E-state index in [1.807, 2.05) is 4.90 Å². The van der Waals surface area contributed by atoms with Crippen molar-refractivity contribution in [1.29, 1.82) is 0 Å². The summed E-state index contributed by atoms with van der Waals surface area (Å²) in [7, 11) is 0. The van der Waals surface area contributed by atoms with Crippen LogP contribution in [0.3, 0.4) is 0 Å². The van der Waals surface area contributed by atoms with E-state index in [4.69, 9.17) is 0 Å². The fourth-order valence-electron chi connectivity index (χ4n) is 3.98. The molecule has 0 radical (unpaired) electrons. The van der Waals surface area contributed by atoms with Gasteiger partial charge < -0.3 is 15.5 Å². The zero-order chi connectivity index (χ0) is 18.1. The summed E-state index contributed by atoms with van der Waals surface area (Å²) in [6.45, 7) is 13.4. The Morgan fingerprint density at radius 3 is 2.64 bits per heavy atom. The number of amides is 1. The molecule has 25 heavy (non-hydrogen) atoms. The highest BCUT2D eigenvalue weighted by atomic mass is 16.2. The van der Waals surface area contributed by atoms with E-state index >= 15 is 0 Å². The first-order valence-corrected chi connectivity index (χ1v) is 9.19. The molecule has 1 aromatic carbocycles. The van der Waals surface area contributed by atoms with Gasteiger partial charge in [-0.25, -0.2) is 0 Å². The predicted octanol–water partition coefficient (Wildman–Crippen LogP) is 3.06. The van der Waals surface area contributed by atoms with Crippen LogP contribution in [0.2, 0.25) is 0 Å². The molecule has 4 heteroatoms. The smallest absolute Gasteiger partial charge is 0.245 e. The van der Waals surface area contributed by atoms with Crippen LogP contribution in [0.5, 0.6) is 0 Å². The Morgan fingerprint density at radius 1 is 1.28 bits per heavy atom.